The lowest BCUT2D eigenvalue weighted by Gasteiger charge is -2.20. The molecule has 6 nitrogen and oxygen atoms in total. The van der Waals surface area contributed by atoms with Crippen molar-refractivity contribution in [3.8, 4) is 11.5 Å². The quantitative estimate of drug-likeness (QED) is 0.379. The molecule has 146 valence electrons. The number of aliphatic imine (C=N–C) groups is 1. The van der Waals surface area contributed by atoms with Gasteiger partial charge >= 0.3 is 0 Å². The van der Waals surface area contributed by atoms with E-state index >= 15 is 0 Å². The zero-order valence-electron chi connectivity index (χ0n) is 15.2. The SMILES string of the molecule is CC(C)Oc1ccc(NC(N)=NCc2cc(F)cc3c2OCOC3)cc1.I. The van der Waals surface area contributed by atoms with Gasteiger partial charge in [0.05, 0.1) is 19.3 Å². The van der Waals surface area contributed by atoms with Gasteiger partial charge in [-0.3, -0.25) is 0 Å². The van der Waals surface area contributed by atoms with Crippen molar-refractivity contribution in [3.05, 3.63) is 53.3 Å². The molecule has 0 spiro atoms. The van der Waals surface area contributed by atoms with E-state index in [2.05, 4.69) is 10.3 Å². The van der Waals surface area contributed by atoms with Crippen molar-refractivity contribution in [1.82, 2.24) is 0 Å². The summed E-state index contributed by atoms with van der Waals surface area (Å²) < 4.78 is 30.0. The predicted octanol–water partition coefficient (Wildman–Crippen LogP) is 4.02. The minimum absolute atomic E-state index is 0. The number of halogens is 2. The fourth-order valence-corrected chi connectivity index (χ4v) is 2.62. The zero-order chi connectivity index (χ0) is 18.5. The Kier molecular flexibility index (Phi) is 7.66. The van der Waals surface area contributed by atoms with E-state index in [1.807, 2.05) is 38.1 Å². The molecule has 0 fully saturated rings. The van der Waals surface area contributed by atoms with E-state index in [-0.39, 0.29) is 55.2 Å². The lowest BCUT2D eigenvalue weighted by Crippen LogP contribution is -2.22. The van der Waals surface area contributed by atoms with Gasteiger partial charge in [0.1, 0.15) is 17.3 Å². The number of fused-ring (bicyclic) bond motifs is 1. The number of ether oxygens (including phenoxy) is 3. The van der Waals surface area contributed by atoms with Crippen LogP contribution in [0, 0.1) is 5.82 Å². The van der Waals surface area contributed by atoms with E-state index in [0.29, 0.717) is 23.5 Å². The number of nitrogens with zero attached hydrogens (tertiary/aromatic N) is 1. The molecule has 1 aliphatic rings. The summed E-state index contributed by atoms with van der Waals surface area (Å²) in [6.45, 7) is 4.61. The van der Waals surface area contributed by atoms with Crippen molar-refractivity contribution in [2.75, 3.05) is 12.1 Å². The van der Waals surface area contributed by atoms with Gasteiger partial charge < -0.3 is 25.3 Å². The first-order valence-corrected chi connectivity index (χ1v) is 8.37. The van der Waals surface area contributed by atoms with Crippen LogP contribution in [-0.4, -0.2) is 18.9 Å². The highest BCUT2D eigenvalue weighted by Crippen LogP contribution is 2.30. The van der Waals surface area contributed by atoms with Gasteiger partial charge in [0, 0.05) is 16.8 Å². The molecule has 3 N–H and O–H groups in total. The Bertz CT molecular complexity index is 798. The summed E-state index contributed by atoms with van der Waals surface area (Å²) in [5.41, 5.74) is 8.03. The van der Waals surface area contributed by atoms with E-state index in [0.717, 1.165) is 11.4 Å². The number of guanidine groups is 1. The van der Waals surface area contributed by atoms with E-state index in [4.69, 9.17) is 19.9 Å². The molecular weight excluding hydrogens is 464 g/mol. The monoisotopic (exact) mass is 487 g/mol. The van der Waals surface area contributed by atoms with Crippen molar-refractivity contribution >= 4 is 35.6 Å². The highest BCUT2D eigenvalue weighted by Gasteiger charge is 2.16. The highest BCUT2D eigenvalue weighted by atomic mass is 127. The first kappa shape index (κ1) is 21.2. The van der Waals surface area contributed by atoms with Gasteiger partial charge in [0.25, 0.3) is 0 Å². The minimum Gasteiger partial charge on any atom is -0.491 e. The van der Waals surface area contributed by atoms with Gasteiger partial charge in [-0.2, -0.15) is 0 Å². The van der Waals surface area contributed by atoms with Crippen LogP contribution in [0.2, 0.25) is 0 Å². The van der Waals surface area contributed by atoms with Crippen LogP contribution in [0.4, 0.5) is 10.1 Å². The second kappa shape index (κ2) is 9.75. The molecule has 1 aliphatic heterocycles. The molecule has 2 aromatic rings. The first-order valence-electron chi connectivity index (χ1n) is 8.37. The number of rotatable bonds is 5. The number of nitrogens with one attached hydrogen (secondary N) is 1. The summed E-state index contributed by atoms with van der Waals surface area (Å²) in [5.74, 6) is 1.28. The molecule has 0 saturated heterocycles. The number of hydrogen-bond acceptors (Lipinski definition) is 4. The molecular formula is C19H23FIN3O3. The molecule has 0 unspecified atom stereocenters. The summed E-state index contributed by atoms with van der Waals surface area (Å²) in [4.78, 5) is 4.27. The van der Waals surface area contributed by atoms with Crippen molar-refractivity contribution in [3.63, 3.8) is 0 Å². The first-order chi connectivity index (χ1) is 12.5. The molecule has 0 bridgehead atoms. The summed E-state index contributed by atoms with van der Waals surface area (Å²) >= 11 is 0. The van der Waals surface area contributed by atoms with E-state index < -0.39 is 0 Å². The van der Waals surface area contributed by atoms with Crippen LogP contribution in [-0.2, 0) is 17.9 Å². The third kappa shape index (κ3) is 5.96. The maximum Gasteiger partial charge on any atom is 0.193 e. The van der Waals surface area contributed by atoms with Crippen LogP contribution in [0.15, 0.2) is 41.4 Å². The average molecular weight is 487 g/mol. The Morgan fingerprint density at radius 2 is 2.04 bits per heavy atom. The summed E-state index contributed by atoms with van der Waals surface area (Å²) in [6.07, 6.45) is 0.116. The molecule has 2 aromatic carbocycles. The van der Waals surface area contributed by atoms with Crippen molar-refractivity contribution in [2.45, 2.75) is 33.1 Å². The fraction of sp³-hybridized carbons (Fsp3) is 0.316. The van der Waals surface area contributed by atoms with Gasteiger partial charge in [-0.1, -0.05) is 0 Å². The Labute approximate surface area is 174 Å². The number of hydrogen-bond donors (Lipinski definition) is 2. The van der Waals surface area contributed by atoms with Crippen LogP contribution >= 0.6 is 24.0 Å². The molecule has 8 heteroatoms. The number of nitrogens with two attached hydrogens (primary N) is 1. The lowest BCUT2D eigenvalue weighted by molar-refractivity contribution is -0.0172. The van der Waals surface area contributed by atoms with Crippen molar-refractivity contribution in [2.24, 2.45) is 10.7 Å². The number of benzene rings is 2. The third-order valence-electron chi connectivity index (χ3n) is 3.67. The fourth-order valence-electron chi connectivity index (χ4n) is 2.62. The summed E-state index contributed by atoms with van der Waals surface area (Å²) in [7, 11) is 0. The van der Waals surface area contributed by atoms with Gasteiger partial charge in [-0.05, 0) is 50.2 Å². The van der Waals surface area contributed by atoms with Crippen LogP contribution < -0.4 is 20.5 Å². The van der Waals surface area contributed by atoms with Crippen LogP contribution in [0.3, 0.4) is 0 Å². The number of anilines is 1. The maximum absolute atomic E-state index is 13.7. The van der Waals surface area contributed by atoms with Gasteiger partial charge in [-0.25, -0.2) is 9.38 Å². The molecule has 0 aliphatic carbocycles. The molecule has 0 saturated carbocycles. The van der Waals surface area contributed by atoms with Crippen molar-refractivity contribution < 1.29 is 18.6 Å². The van der Waals surface area contributed by atoms with Gasteiger partial charge in [0.2, 0.25) is 0 Å². The van der Waals surface area contributed by atoms with Crippen molar-refractivity contribution in [1.29, 1.82) is 0 Å². The lowest BCUT2D eigenvalue weighted by atomic mass is 10.1. The second-order valence-electron chi connectivity index (χ2n) is 6.18. The molecule has 1 heterocycles. The normalized spacial score (nSPS) is 13.4. The van der Waals surface area contributed by atoms with E-state index in [1.54, 1.807) is 0 Å². The minimum atomic E-state index is -0.352. The second-order valence-corrected chi connectivity index (χ2v) is 6.18. The zero-order valence-corrected chi connectivity index (χ0v) is 17.5. The highest BCUT2D eigenvalue weighted by molar-refractivity contribution is 14.0. The molecule has 0 amide bonds. The molecule has 0 radical (unpaired) electrons. The molecule has 3 rings (SSSR count). The molecule has 0 aromatic heterocycles. The largest absolute Gasteiger partial charge is 0.491 e. The summed E-state index contributed by atoms with van der Waals surface area (Å²) in [5, 5.41) is 3.00. The Balaban J connectivity index is 0.00000261. The Morgan fingerprint density at radius 3 is 2.74 bits per heavy atom. The average Bonchev–Trinajstić information content (AvgIpc) is 2.61. The smallest absolute Gasteiger partial charge is 0.193 e. The third-order valence-corrected chi connectivity index (χ3v) is 3.67. The van der Waals surface area contributed by atoms with Crippen LogP contribution in [0.25, 0.3) is 0 Å². The molecule has 0 atom stereocenters. The van der Waals surface area contributed by atoms with E-state index in [9.17, 15) is 4.39 Å². The Hall–Kier alpha value is -2.07. The van der Waals surface area contributed by atoms with Crippen LogP contribution in [0.1, 0.15) is 25.0 Å². The Morgan fingerprint density at radius 1 is 1.30 bits per heavy atom. The molecule has 27 heavy (non-hydrogen) atoms. The predicted molar refractivity (Wildman–Crippen MR) is 113 cm³/mol. The van der Waals surface area contributed by atoms with Crippen LogP contribution in [0.5, 0.6) is 11.5 Å². The van der Waals surface area contributed by atoms with Gasteiger partial charge in [0.15, 0.2) is 12.8 Å². The maximum atomic E-state index is 13.7. The summed E-state index contributed by atoms with van der Waals surface area (Å²) in [6, 6.07) is 10.2. The van der Waals surface area contributed by atoms with E-state index in [1.165, 1.54) is 12.1 Å². The van der Waals surface area contributed by atoms with Gasteiger partial charge in [-0.15, -0.1) is 24.0 Å². The standard InChI is InChI=1S/C19H22FN3O3.HI/c1-12(2)26-17-5-3-16(4-6-17)23-19(21)22-9-13-7-15(20)8-14-10-24-11-25-18(13)14;/h3-8,12H,9-11H2,1-2H3,(H3,21,22,23);1H. The topological polar surface area (TPSA) is 78.1 Å².